The highest BCUT2D eigenvalue weighted by Crippen LogP contribution is 2.22. The van der Waals surface area contributed by atoms with Crippen molar-refractivity contribution in [1.29, 1.82) is 0 Å². The van der Waals surface area contributed by atoms with E-state index in [9.17, 15) is 4.39 Å². The molecular formula is C18H25FN4S. The minimum atomic E-state index is -0.211. The summed E-state index contributed by atoms with van der Waals surface area (Å²) < 4.78 is 13.1. The predicted molar refractivity (Wildman–Crippen MR) is 99.1 cm³/mol. The van der Waals surface area contributed by atoms with Gasteiger partial charge in [-0.15, -0.1) is 11.3 Å². The Morgan fingerprint density at radius 3 is 2.54 bits per heavy atom. The summed E-state index contributed by atoms with van der Waals surface area (Å²) in [6, 6.07) is 6.67. The fourth-order valence-electron chi connectivity index (χ4n) is 2.49. The minimum absolute atomic E-state index is 0.137. The van der Waals surface area contributed by atoms with Gasteiger partial charge in [-0.3, -0.25) is 4.99 Å². The van der Waals surface area contributed by atoms with Crippen LogP contribution in [0.5, 0.6) is 0 Å². The van der Waals surface area contributed by atoms with Gasteiger partial charge in [0, 0.05) is 31.4 Å². The molecule has 0 fully saturated rings. The second kappa shape index (κ2) is 7.75. The number of nitrogens with zero attached hydrogens (tertiary/aromatic N) is 3. The molecule has 0 aliphatic carbocycles. The fourth-order valence-corrected chi connectivity index (χ4v) is 3.09. The van der Waals surface area contributed by atoms with Gasteiger partial charge in [-0.1, -0.05) is 26.0 Å². The average molecular weight is 348 g/mol. The maximum atomic E-state index is 13.1. The van der Waals surface area contributed by atoms with Gasteiger partial charge < -0.3 is 10.2 Å². The number of aliphatic imine (C=N–C) groups is 1. The largest absolute Gasteiger partial charge is 0.355 e. The van der Waals surface area contributed by atoms with Gasteiger partial charge >= 0.3 is 0 Å². The molecule has 0 atom stereocenters. The third-order valence-electron chi connectivity index (χ3n) is 3.95. The van der Waals surface area contributed by atoms with Crippen LogP contribution in [-0.4, -0.2) is 36.5 Å². The van der Waals surface area contributed by atoms with Crippen molar-refractivity contribution in [3.8, 4) is 0 Å². The van der Waals surface area contributed by atoms with E-state index < -0.39 is 0 Å². The summed E-state index contributed by atoms with van der Waals surface area (Å²) in [6.07, 6.45) is 0. The molecule has 0 unspecified atom stereocenters. The quantitative estimate of drug-likeness (QED) is 0.663. The molecule has 0 aliphatic rings. The Kier molecular flexibility index (Phi) is 5.94. The summed E-state index contributed by atoms with van der Waals surface area (Å²) in [7, 11) is 3.77. The van der Waals surface area contributed by atoms with Gasteiger partial charge in [0.1, 0.15) is 5.82 Å². The first kappa shape index (κ1) is 18.4. The monoisotopic (exact) mass is 348 g/mol. The zero-order chi connectivity index (χ0) is 17.7. The van der Waals surface area contributed by atoms with Crippen molar-refractivity contribution < 1.29 is 4.39 Å². The third kappa shape index (κ3) is 4.77. The number of aryl methyl sites for hydroxylation is 1. The molecule has 1 heterocycles. The number of hydrogen-bond donors (Lipinski definition) is 1. The lowest BCUT2D eigenvalue weighted by Crippen LogP contribution is -2.44. The molecular weight excluding hydrogens is 323 g/mol. The van der Waals surface area contributed by atoms with Crippen LogP contribution in [0.4, 0.5) is 4.39 Å². The Labute approximate surface area is 147 Å². The van der Waals surface area contributed by atoms with E-state index in [1.165, 1.54) is 12.1 Å². The molecule has 0 radical (unpaired) electrons. The highest BCUT2D eigenvalue weighted by Gasteiger charge is 2.21. The first-order valence-corrected chi connectivity index (χ1v) is 8.78. The van der Waals surface area contributed by atoms with E-state index in [4.69, 9.17) is 0 Å². The standard InChI is InChI=1S/C18H25FN4S/c1-13-22-16(11-24-13)10-23(5)17(20-4)21-12-18(2,3)14-6-8-15(19)9-7-14/h6-9,11H,10,12H2,1-5H3,(H,20,21). The summed E-state index contributed by atoms with van der Waals surface area (Å²) in [5.41, 5.74) is 1.99. The lowest BCUT2D eigenvalue weighted by molar-refractivity contribution is 0.445. The normalized spacial score (nSPS) is 12.3. The molecule has 2 rings (SSSR count). The van der Waals surface area contributed by atoms with Crippen molar-refractivity contribution in [2.45, 2.75) is 32.7 Å². The highest BCUT2D eigenvalue weighted by molar-refractivity contribution is 7.09. The molecule has 1 aromatic heterocycles. The van der Waals surface area contributed by atoms with Crippen LogP contribution in [0.25, 0.3) is 0 Å². The lowest BCUT2D eigenvalue weighted by Gasteiger charge is -2.29. The lowest BCUT2D eigenvalue weighted by atomic mass is 9.84. The van der Waals surface area contributed by atoms with Gasteiger partial charge in [0.2, 0.25) is 0 Å². The topological polar surface area (TPSA) is 40.5 Å². The number of thiazole rings is 1. The summed E-state index contributed by atoms with van der Waals surface area (Å²) in [6.45, 7) is 7.67. The Morgan fingerprint density at radius 2 is 2.00 bits per heavy atom. The van der Waals surface area contributed by atoms with E-state index in [0.717, 1.165) is 22.2 Å². The van der Waals surface area contributed by atoms with Gasteiger partial charge in [-0.2, -0.15) is 0 Å². The third-order valence-corrected chi connectivity index (χ3v) is 4.78. The molecule has 4 nitrogen and oxygen atoms in total. The van der Waals surface area contributed by atoms with E-state index in [-0.39, 0.29) is 11.2 Å². The van der Waals surface area contributed by atoms with Gasteiger partial charge in [-0.25, -0.2) is 9.37 Å². The van der Waals surface area contributed by atoms with E-state index in [2.05, 4.69) is 39.4 Å². The number of guanidine groups is 1. The Bertz CT molecular complexity index is 691. The molecule has 0 bridgehead atoms. The minimum Gasteiger partial charge on any atom is -0.355 e. The zero-order valence-corrected chi connectivity index (χ0v) is 15.7. The van der Waals surface area contributed by atoms with Crippen molar-refractivity contribution in [1.82, 2.24) is 15.2 Å². The van der Waals surface area contributed by atoms with Gasteiger partial charge in [0.15, 0.2) is 5.96 Å². The van der Waals surface area contributed by atoms with Crippen molar-refractivity contribution in [2.75, 3.05) is 20.6 Å². The number of halogens is 1. The van der Waals surface area contributed by atoms with Crippen molar-refractivity contribution in [3.05, 3.63) is 51.7 Å². The van der Waals surface area contributed by atoms with Crippen LogP contribution in [-0.2, 0) is 12.0 Å². The fraction of sp³-hybridized carbons (Fsp3) is 0.444. The average Bonchev–Trinajstić information content (AvgIpc) is 2.93. The molecule has 0 spiro atoms. The van der Waals surface area contributed by atoms with Crippen molar-refractivity contribution >= 4 is 17.3 Å². The summed E-state index contributed by atoms with van der Waals surface area (Å²) in [5.74, 6) is 0.604. The summed E-state index contributed by atoms with van der Waals surface area (Å²) in [5, 5.41) is 6.55. The molecule has 130 valence electrons. The first-order valence-electron chi connectivity index (χ1n) is 7.90. The van der Waals surface area contributed by atoms with Crippen molar-refractivity contribution in [3.63, 3.8) is 0 Å². The highest BCUT2D eigenvalue weighted by atomic mass is 32.1. The number of nitrogens with one attached hydrogen (secondary N) is 1. The van der Waals surface area contributed by atoms with E-state index in [1.54, 1.807) is 18.4 Å². The zero-order valence-electron chi connectivity index (χ0n) is 14.9. The number of rotatable bonds is 5. The van der Waals surface area contributed by atoms with Crippen LogP contribution in [0, 0.1) is 12.7 Å². The summed E-state index contributed by atoms with van der Waals surface area (Å²) >= 11 is 1.65. The van der Waals surface area contributed by atoms with E-state index >= 15 is 0 Å². The molecule has 2 aromatic rings. The molecule has 6 heteroatoms. The Hall–Kier alpha value is -1.95. The maximum absolute atomic E-state index is 13.1. The second-order valence-electron chi connectivity index (χ2n) is 6.51. The molecule has 1 N–H and O–H groups in total. The molecule has 0 amide bonds. The maximum Gasteiger partial charge on any atom is 0.193 e. The molecule has 1 aromatic carbocycles. The van der Waals surface area contributed by atoms with E-state index in [1.807, 2.05) is 26.1 Å². The molecule has 0 saturated heterocycles. The second-order valence-corrected chi connectivity index (χ2v) is 7.57. The Morgan fingerprint density at radius 1 is 1.33 bits per heavy atom. The van der Waals surface area contributed by atoms with Crippen LogP contribution in [0.2, 0.25) is 0 Å². The Balaban J connectivity index is 1.98. The van der Waals surface area contributed by atoms with Crippen molar-refractivity contribution in [2.24, 2.45) is 4.99 Å². The van der Waals surface area contributed by atoms with Gasteiger partial charge in [0.05, 0.1) is 17.2 Å². The van der Waals surface area contributed by atoms with Crippen LogP contribution < -0.4 is 5.32 Å². The first-order chi connectivity index (χ1) is 11.3. The molecule has 24 heavy (non-hydrogen) atoms. The smallest absolute Gasteiger partial charge is 0.193 e. The predicted octanol–water partition coefficient (Wildman–Crippen LogP) is 3.58. The van der Waals surface area contributed by atoms with Crippen LogP contribution in [0.1, 0.15) is 30.1 Å². The van der Waals surface area contributed by atoms with Crippen LogP contribution in [0.3, 0.4) is 0 Å². The van der Waals surface area contributed by atoms with Crippen LogP contribution in [0.15, 0.2) is 34.6 Å². The summed E-state index contributed by atoms with van der Waals surface area (Å²) in [4.78, 5) is 10.9. The van der Waals surface area contributed by atoms with E-state index in [0.29, 0.717) is 13.1 Å². The number of hydrogen-bond acceptors (Lipinski definition) is 3. The van der Waals surface area contributed by atoms with Gasteiger partial charge in [-0.05, 0) is 24.6 Å². The molecule has 0 saturated carbocycles. The molecule has 0 aliphatic heterocycles. The van der Waals surface area contributed by atoms with Gasteiger partial charge in [0.25, 0.3) is 0 Å². The number of aromatic nitrogens is 1. The SMILES string of the molecule is CN=C(NCC(C)(C)c1ccc(F)cc1)N(C)Cc1csc(C)n1. The number of benzene rings is 1. The van der Waals surface area contributed by atoms with Crippen LogP contribution >= 0.6 is 11.3 Å².